The topological polar surface area (TPSA) is 125 Å². The number of cyclic esters (lactones) is 1. The SMILES string of the molecule is CC(=O)OC(C)(C)C.CC(C)(C)OC(=O)[C@H](O)CCC(=O)OCc1ccccc1.O=C1CCCO1. The number of rotatable bonds is 6. The summed E-state index contributed by atoms with van der Waals surface area (Å²) < 4.78 is 19.4. The first-order chi connectivity index (χ1) is 16.1. The van der Waals surface area contributed by atoms with Crippen LogP contribution in [0.2, 0.25) is 0 Å². The van der Waals surface area contributed by atoms with Crippen LogP contribution in [0.25, 0.3) is 0 Å². The Morgan fingerprint density at radius 3 is 1.94 bits per heavy atom. The van der Waals surface area contributed by atoms with Crippen LogP contribution >= 0.6 is 0 Å². The van der Waals surface area contributed by atoms with Gasteiger partial charge in [-0.25, -0.2) is 4.79 Å². The van der Waals surface area contributed by atoms with Crippen LogP contribution in [0.1, 0.15) is 79.7 Å². The molecule has 1 aromatic rings. The van der Waals surface area contributed by atoms with Gasteiger partial charge in [-0.15, -0.1) is 0 Å². The maximum Gasteiger partial charge on any atom is 0.335 e. The molecule has 0 bridgehead atoms. The molecular weight excluding hydrogens is 456 g/mol. The maximum absolute atomic E-state index is 11.5. The zero-order valence-corrected chi connectivity index (χ0v) is 21.9. The molecule has 1 N–H and O–H groups in total. The summed E-state index contributed by atoms with van der Waals surface area (Å²) in [5, 5.41) is 9.63. The number of hydrogen-bond donors (Lipinski definition) is 1. The van der Waals surface area contributed by atoms with E-state index in [0.717, 1.165) is 12.0 Å². The van der Waals surface area contributed by atoms with Gasteiger partial charge in [-0.2, -0.15) is 0 Å². The lowest BCUT2D eigenvalue weighted by Crippen LogP contribution is -2.32. The van der Waals surface area contributed by atoms with Crippen LogP contribution in [0.15, 0.2) is 30.3 Å². The Balaban J connectivity index is 0.000000668. The molecule has 1 aliphatic heterocycles. The van der Waals surface area contributed by atoms with Crippen molar-refractivity contribution in [2.75, 3.05) is 6.61 Å². The average Bonchev–Trinajstić information content (AvgIpc) is 3.20. The molecule has 0 saturated carbocycles. The van der Waals surface area contributed by atoms with Crippen molar-refractivity contribution >= 4 is 23.9 Å². The molecule has 9 nitrogen and oxygen atoms in total. The standard InChI is InChI=1S/C16H22O5.C6H12O2.C4H6O2/c1-16(2,3)21-15(19)13(17)9-10-14(18)20-11-12-7-5-4-6-8-12;1-5(7)8-6(2,3)4;5-4-2-1-3-6-4/h4-8,13,17H,9-11H2,1-3H3;1-4H3;1-3H2/t13-;;/m1../s1. The van der Waals surface area contributed by atoms with E-state index in [2.05, 4.69) is 4.74 Å². The molecule has 1 heterocycles. The molecule has 1 saturated heterocycles. The summed E-state index contributed by atoms with van der Waals surface area (Å²) in [6.45, 7) is 12.9. The number of hydrogen-bond acceptors (Lipinski definition) is 9. The number of carbonyl (C=O) groups excluding carboxylic acids is 4. The molecule has 1 aromatic carbocycles. The number of esters is 4. The van der Waals surface area contributed by atoms with E-state index in [-0.39, 0.29) is 37.0 Å². The number of benzene rings is 1. The maximum atomic E-state index is 11.5. The summed E-state index contributed by atoms with van der Waals surface area (Å²) in [5.74, 6) is -1.45. The molecule has 0 aromatic heterocycles. The minimum Gasteiger partial charge on any atom is -0.466 e. The van der Waals surface area contributed by atoms with Crippen LogP contribution in [0, 0.1) is 0 Å². The summed E-state index contributed by atoms with van der Waals surface area (Å²) in [6, 6.07) is 9.29. The first kappa shape index (κ1) is 32.1. The largest absolute Gasteiger partial charge is 0.466 e. The van der Waals surface area contributed by atoms with Gasteiger partial charge in [-0.05, 0) is 59.9 Å². The fourth-order valence-corrected chi connectivity index (χ4v) is 2.46. The van der Waals surface area contributed by atoms with Crippen LogP contribution < -0.4 is 0 Å². The van der Waals surface area contributed by atoms with Crippen molar-refractivity contribution in [3.63, 3.8) is 0 Å². The third-order valence-electron chi connectivity index (χ3n) is 3.78. The number of aliphatic hydroxyl groups is 1. The molecule has 0 amide bonds. The van der Waals surface area contributed by atoms with Crippen molar-refractivity contribution in [2.45, 2.75) is 98.1 Å². The van der Waals surface area contributed by atoms with Gasteiger partial charge in [0.15, 0.2) is 6.10 Å². The Morgan fingerprint density at radius 2 is 1.57 bits per heavy atom. The molecule has 35 heavy (non-hydrogen) atoms. The molecular formula is C26H40O9. The van der Waals surface area contributed by atoms with Gasteiger partial charge in [0, 0.05) is 19.8 Å². The Morgan fingerprint density at radius 1 is 1.00 bits per heavy atom. The van der Waals surface area contributed by atoms with Gasteiger partial charge in [0.05, 0.1) is 6.61 Å². The van der Waals surface area contributed by atoms with Crippen molar-refractivity contribution in [1.29, 1.82) is 0 Å². The lowest BCUT2D eigenvalue weighted by molar-refractivity contribution is -0.166. The van der Waals surface area contributed by atoms with Crippen molar-refractivity contribution < 1.29 is 43.2 Å². The van der Waals surface area contributed by atoms with E-state index in [1.807, 2.05) is 51.1 Å². The highest BCUT2D eigenvalue weighted by atomic mass is 16.6. The van der Waals surface area contributed by atoms with E-state index in [9.17, 15) is 24.3 Å². The Hall–Kier alpha value is -2.94. The van der Waals surface area contributed by atoms with Crippen LogP contribution in [0.4, 0.5) is 0 Å². The van der Waals surface area contributed by atoms with Gasteiger partial charge in [0.1, 0.15) is 17.8 Å². The second-order valence-electron chi connectivity index (χ2n) is 9.76. The van der Waals surface area contributed by atoms with Crippen molar-refractivity contribution in [3.05, 3.63) is 35.9 Å². The highest BCUT2D eigenvalue weighted by Crippen LogP contribution is 2.11. The third-order valence-corrected chi connectivity index (χ3v) is 3.78. The molecule has 1 fully saturated rings. The third kappa shape index (κ3) is 20.2. The van der Waals surface area contributed by atoms with E-state index in [1.165, 1.54) is 6.92 Å². The lowest BCUT2D eigenvalue weighted by atomic mass is 10.1. The zero-order valence-electron chi connectivity index (χ0n) is 21.9. The van der Waals surface area contributed by atoms with E-state index < -0.39 is 23.6 Å². The van der Waals surface area contributed by atoms with Crippen LogP contribution in [-0.2, 0) is 44.7 Å². The van der Waals surface area contributed by atoms with E-state index >= 15 is 0 Å². The normalized spacial score (nSPS) is 13.7. The summed E-state index contributed by atoms with van der Waals surface area (Å²) in [4.78, 5) is 43.3. The van der Waals surface area contributed by atoms with Crippen molar-refractivity contribution in [2.24, 2.45) is 0 Å². The van der Waals surface area contributed by atoms with Crippen molar-refractivity contribution in [1.82, 2.24) is 0 Å². The van der Waals surface area contributed by atoms with Gasteiger partial charge in [0.25, 0.3) is 0 Å². The first-order valence-corrected chi connectivity index (χ1v) is 11.5. The van der Waals surface area contributed by atoms with Gasteiger partial charge < -0.3 is 24.1 Å². The minimum atomic E-state index is -1.31. The Bertz CT molecular complexity index is 781. The predicted octanol–water partition coefficient (Wildman–Crippen LogP) is 3.88. The quantitative estimate of drug-likeness (QED) is 0.461. The van der Waals surface area contributed by atoms with Crippen LogP contribution in [-0.4, -0.2) is 52.9 Å². The molecule has 0 unspecified atom stereocenters. The molecule has 1 aliphatic rings. The van der Waals surface area contributed by atoms with E-state index in [0.29, 0.717) is 13.0 Å². The number of ether oxygens (including phenoxy) is 4. The highest BCUT2D eigenvalue weighted by molar-refractivity contribution is 5.76. The minimum absolute atomic E-state index is 0.0114. The molecule has 198 valence electrons. The molecule has 0 spiro atoms. The molecule has 9 heteroatoms. The van der Waals surface area contributed by atoms with Gasteiger partial charge in [-0.1, -0.05) is 30.3 Å². The predicted molar refractivity (Wildman–Crippen MR) is 129 cm³/mol. The first-order valence-electron chi connectivity index (χ1n) is 11.5. The Labute approximate surface area is 208 Å². The number of carbonyl (C=O) groups is 4. The summed E-state index contributed by atoms with van der Waals surface area (Å²) in [5.41, 5.74) is -0.101. The Kier molecular flexibility index (Phi) is 14.5. The number of aliphatic hydroxyl groups excluding tert-OH is 1. The van der Waals surface area contributed by atoms with Crippen molar-refractivity contribution in [3.8, 4) is 0 Å². The fourth-order valence-electron chi connectivity index (χ4n) is 2.46. The summed E-state index contributed by atoms with van der Waals surface area (Å²) in [7, 11) is 0. The van der Waals surface area contributed by atoms with Gasteiger partial charge in [0.2, 0.25) is 0 Å². The van der Waals surface area contributed by atoms with Gasteiger partial charge >= 0.3 is 23.9 Å². The van der Waals surface area contributed by atoms with Crippen LogP contribution in [0.3, 0.4) is 0 Å². The highest BCUT2D eigenvalue weighted by Gasteiger charge is 2.24. The molecule has 0 aliphatic carbocycles. The average molecular weight is 497 g/mol. The second kappa shape index (κ2) is 15.9. The molecule has 1 atom stereocenters. The van der Waals surface area contributed by atoms with Gasteiger partial charge in [-0.3, -0.25) is 14.4 Å². The second-order valence-corrected chi connectivity index (χ2v) is 9.76. The molecule has 0 radical (unpaired) electrons. The van der Waals surface area contributed by atoms with E-state index in [1.54, 1.807) is 20.8 Å². The fraction of sp³-hybridized carbons (Fsp3) is 0.615. The summed E-state index contributed by atoms with van der Waals surface area (Å²) in [6.07, 6.45) is 0.183. The summed E-state index contributed by atoms with van der Waals surface area (Å²) >= 11 is 0. The lowest BCUT2D eigenvalue weighted by Gasteiger charge is -2.21. The zero-order chi connectivity index (χ0) is 27.1. The monoisotopic (exact) mass is 496 g/mol. The molecule has 2 rings (SSSR count). The van der Waals surface area contributed by atoms with Crippen LogP contribution in [0.5, 0.6) is 0 Å². The smallest absolute Gasteiger partial charge is 0.335 e. The van der Waals surface area contributed by atoms with E-state index in [4.69, 9.17) is 14.2 Å².